The van der Waals surface area contributed by atoms with E-state index in [1.165, 1.54) is 16.7 Å². The highest BCUT2D eigenvalue weighted by molar-refractivity contribution is 8.04. The van der Waals surface area contributed by atoms with E-state index in [0.717, 1.165) is 6.42 Å². The molecule has 2 heterocycles. The normalized spacial score (nSPS) is 26.0. The lowest BCUT2D eigenvalue weighted by Gasteiger charge is -2.35. The molecule has 0 aromatic carbocycles. The van der Waals surface area contributed by atoms with Crippen molar-refractivity contribution in [3.8, 4) is 0 Å². The second-order valence-corrected chi connectivity index (χ2v) is 4.48. The van der Waals surface area contributed by atoms with E-state index in [2.05, 4.69) is 10.6 Å². The molecule has 0 fully saturated rings. The smallest absolute Gasteiger partial charge is 0.263 e. The minimum Gasteiger partial charge on any atom is -0.350 e. The lowest BCUT2D eigenvalue weighted by molar-refractivity contribution is -0.126. The van der Waals surface area contributed by atoms with Crippen molar-refractivity contribution in [2.24, 2.45) is 0 Å². The summed E-state index contributed by atoms with van der Waals surface area (Å²) in [6, 6.07) is 0. The fraction of sp³-hybridized carbons (Fsp3) is 0.556. The van der Waals surface area contributed by atoms with Crippen molar-refractivity contribution in [2.75, 3.05) is 12.8 Å². The topological polar surface area (TPSA) is 61.4 Å². The SMILES string of the molecule is CCC1NC(=O)C2=C(N1)N(C)C(=O)CS2. The maximum Gasteiger partial charge on any atom is 0.263 e. The van der Waals surface area contributed by atoms with E-state index in [4.69, 9.17) is 0 Å². The van der Waals surface area contributed by atoms with Crippen LogP contribution in [0.4, 0.5) is 0 Å². The van der Waals surface area contributed by atoms with Crippen LogP contribution in [-0.4, -0.2) is 35.7 Å². The van der Waals surface area contributed by atoms with E-state index in [9.17, 15) is 9.59 Å². The molecule has 5 nitrogen and oxygen atoms in total. The van der Waals surface area contributed by atoms with Gasteiger partial charge in [0.2, 0.25) is 5.91 Å². The van der Waals surface area contributed by atoms with E-state index in [1.54, 1.807) is 7.05 Å². The summed E-state index contributed by atoms with van der Waals surface area (Å²) in [6.45, 7) is 1.97. The van der Waals surface area contributed by atoms with Crippen LogP contribution in [0, 0.1) is 0 Å². The average molecular weight is 227 g/mol. The van der Waals surface area contributed by atoms with Crippen LogP contribution in [0.5, 0.6) is 0 Å². The summed E-state index contributed by atoms with van der Waals surface area (Å²) in [5, 5.41) is 5.98. The van der Waals surface area contributed by atoms with Crippen molar-refractivity contribution < 1.29 is 9.59 Å². The molecule has 2 N–H and O–H groups in total. The third-order valence-corrected chi connectivity index (χ3v) is 3.55. The molecular formula is C9H13N3O2S. The summed E-state index contributed by atoms with van der Waals surface area (Å²) >= 11 is 1.29. The van der Waals surface area contributed by atoms with Gasteiger partial charge in [-0.05, 0) is 6.42 Å². The van der Waals surface area contributed by atoms with Gasteiger partial charge in [0, 0.05) is 7.05 Å². The zero-order chi connectivity index (χ0) is 11.0. The molecule has 2 rings (SSSR count). The molecule has 1 atom stereocenters. The summed E-state index contributed by atoms with van der Waals surface area (Å²) in [6.07, 6.45) is 0.708. The van der Waals surface area contributed by atoms with Gasteiger partial charge >= 0.3 is 0 Å². The minimum absolute atomic E-state index is 0.0239. The number of carbonyl (C=O) groups is 2. The number of thioether (sulfide) groups is 1. The number of rotatable bonds is 1. The Morgan fingerprint density at radius 3 is 2.87 bits per heavy atom. The fourth-order valence-electron chi connectivity index (χ4n) is 1.54. The summed E-state index contributed by atoms with van der Waals surface area (Å²) in [5.41, 5.74) is 0. The molecule has 2 aliphatic heterocycles. The second kappa shape index (κ2) is 3.77. The van der Waals surface area contributed by atoms with Gasteiger partial charge in [-0.15, -0.1) is 11.8 Å². The van der Waals surface area contributed by atoms with Crippen LogP contribution in [0.2, 0.25) is 0 Å². The Bertz CT molecular complexity index is 353. The third-order valence-electron chi connectivity index (χ3n) is 2.50. The molecule has 0 bridgehead atoms. The van der Waals surface area contributed by atoms with Crippen molar-refractivity contribution in [1.29, 1.82) is 0 Å². The van der Waals surface area contributed by atoms with E-state index in [1.807, 2.05) is 6.92 Å². The molecule has 0 aromatic rings. The number of amides is 2. The van der Waals surface area contributed by atoms with Crippen LogP contribution in [-0.2, 0) is 9.59 Å². The predicted octanol–water partition coefficient (Wildman–Crippen LogP) is -0.184. The maximum atomic E-state index is 11.7. The van der Waals surface area contributed by atoms with E-state index in [-0.39, 0.29) is 18.0 Å². The van der Waals surface area contributed by atoms with Crippen molar-refractivity contribution in [3.63, 3.8) is 0 Å². The van der Waals surface area contributed by atoms with Gasteiger partial charge in [-0.2, -0.15) is 0 Å². The predicted molar refractivity (Wildman–Crippen MR) is 57.6 cm³/mol. The first-order valence-electron chi connectivity index (χ1n) is 4.84. The van der Waals surface area contributed by atoms with E-state index >= 15 is 0 Å². The van der Waals surface area contributed by atoms with Crippen LogP contribution in [0.1, 0.15) is 13.3 Å². The summed E-state index contributed by atoms with van der Waals surface area (Å²) in [7, 11) is 1.69. The standard InChI is InChI=1S/C9H13N3O2S/c1-3-5-10-8-7(9(14)11-5)15-4-6(13)12(8)2/h5,10H,3-4H2,1-2H3,(H,11,14). The Morgan fingerprint density at radius 1 is 1.47 bits per heavy atom. The number of nitrogens with one attached hydrogen (secondary N) is 2. The highest BCUT2D eigenvalue weighted by Crippen LogP contribution is 2.28. The van der Waals surface area contributed by atoms with Gasteiger partial charge in [0.25, 0.3) is 5.91 Å². The van der Waals surface area contributed by atoms with E-state index in [0.29, 0.717) is 16.5 Å². The first kappa shape index (κ1) is 10.4. The third kappa shape index (κ3) is 1.69. The van der Waals surface area contributed by atoms with Crippen molar-refractivity contribution in [2.45, 2.75) is 19.5 Å². The van der Waals surface area contributed by atoms with Crippen molar-refractivity contribution >= 4 is 23.6 Å². The molecular weight excluding hydrogens is 214 g/mol. The minimum atomic E-state index is -0.0834. The highest BCUT2D eigenvalue weighted by Gasteiger charge is 2.33. The van der Waals surface area contributed by atoms with Gasteiger partial charge < -0.3 is 10.6 Å². The molecule has 2 amide bonds. The molecule has 0 radical (unpaired) electrons. The van der Waals surface area contributed by atoms with Crippen LogP contribution in [0.3, 0.4) is 0 Å². The summed E-state index contributed by atoms with van der Waals surface area (Å²) < 4.78 is 0. The van der Waals surface area contributed by atoms with Crippen molar-refractivity contribution in [3.05, 3.63) is 10.7 Å². The van der Waals surface area contributed by atoms with Gasteiger partial charge in [0.1, 0.15) is 10.7 Å². The van der Waals surface area contributed by atoms with Gasteiger partial charge in [0.05, 0.1) is 11.9 Å². The zero-order valence-corrected chi connectivity index (χ0v) is 9.48. The Morgan fingerprint density at radius 2 is 2.20 bits per heavy atom. The van der Waals surface area contributed by atoms with Crippen LogP contribution in [0.25, 0.3) is 0 Å². The Kier molecular flexibility index (Phi) is 2.60. The summed E-state index contributed by atoms with van der Waals surface area (Å²) in [5.74, 6) is 0.920. The number of hydrogen-bond acceptors (Lipinski definition) is 4. The molecule has 15 heavy (non-hydrogen) atoms. The van der Waals surface area contributed by atoms with Gasteiger partial charge in [-0.25, -0.2) is 0 Å². The monoisotopic (exact) mass is 227 g/mol. The first-order valence-corrected chi connectivity index (χ1v) is 5.83. The average Bonchev–Trinajstić information content (AvgIpc) is 2.23. The van der Waals surface area contributed by atoms with Gasteiger partial charge in [-0.1, -0.05) is 6.92 Å². The highest BCUT2D eigenvalue weighted by atomic mass is 32.2. The largest absolute Gasteiger partial charge is 0.350 e. The first-order chi connectivity index (χ1) is 7.13. The lowest BCUT2D eigenvalue weighted by Crippen LogP contribution is -2.55. The van der Waals surface area contributed by atoms with Gasteiger partial charge in [0.15, 0.2) is 0 Å². The molecule has 0 aliphatic carbocycles. The fourth-order valence-corrected chi connectivity index (χ4v) is 2.52. The van der Waals surface area contributed by atoms with Crippen molar-refractivity contribution in [1.82, 2.24) is 15.5 Å². The molecule has 82 valence electrons. The Hall–Kier alpha value is -1.17. The van der Waals surface area contributed by atoms with Crippen LogP contribution < -0.4 is 10.6 Å². The number of hydrogen-bond donors (Lipinski definition) is 2. The molecule has 0 spiro atoms. The lowest BCUT2D eigenvalue weighted by atomic mass is 10.3. The second-order valence-electron chi connectivity index (χ2n) is 3.50. The maximum absolute atomic E-state index is 11.7. The molecule has 0 saturated carbocycles. The Labute approximate surface area is 92.3 Å². The number of carbonyl (C=O) groups excluding carboxylic acids is 2. The molecule has 2 aliphatic rings. The zero-order valence-electron chi connectivity index (χ0n) is 8.66. The molecule has 0 aromatic heterocycles. The quantitative estimate of drug-likeness (QED) is 0.652. The molecule has 1 unspecified atom stereocenters. The van der Waals surface area contributed by atoms with Crippen LogP contribution >= 0.6 is 11.8 Å². The molecule has 6 heteroatoms. The Balaban J connectivity index is 2.32. The van der Waals surface area contributed by atoms with Crippen LogP contribution in [0.15, 0.2) is 10.7 Å². The number of nitrogens with zero attached hydrogens (tertiary/aromatic N) is 1. The summed E-state index contributed by atoms with van der Waals surface area (Å²) in [4.78, 5) is 25.3. The molecule has 0 saturated heterocycles. The van der Waals surface area contributed by atoms with Gasteiger partial charge in [-0.3, -0.25) is 14.5 Å². The van der Waals surface area contributed by atoms with E-state index < -0.39 is 0 Å².